The first-order valence-electron chi connectivity index (χ1n) is 4.76. The summed E-state index contributed by atoms with van der Waals surface area (Å²) >= 11 is 0. The average molecular weight is 188 g/mol. The highest BCUT2D eigenvalue weighted by molar-refractivity contribution is 5.78. The summed E-state index contributed by atoms with van der Waals surface area (Å²) < 4.78 is 0. The van der Waals surface area contributed by atoms with E-state index in [-0.39, 0.29) is 6.42 Å². The Morgan fingerprint density at radius 3 is 2.93 bits per heavy atom. The van der Waals surface area contributed by atoms with Gasteiger partial charge in [-0.25, -0.2) is 0 Å². The molecule has 1 aromatic rings. The highest BCUT2D eigenvalue weighted by Crippen LogP contribution is 2.11. The summed E-state index contributed by atoms with van der Waals surface area (Å²) in [4.78, 5) is 10.6. The van der Waals surface area contributed by atoms with Gasteiger partial charge in [0.25, 0.3) is 0 Å². The Labute approximate surface area is 82.2 Å². The van der Waals surface area contributed by atoms with Crippen molar-refractivity contribution in [2.24, 2.45) is 0 Å². The Morgan fingerprint density at radius 1 is 1.36 bits per heavy atom. The molecule has 0 unspecified atom stereocenters. The van der Waals surface area contributed by atoms with Crippen LogP contribution in [0.3, 0.4) is 0 Å². The fraction of sp³-hybridized carbons (Fsp3) is 0.250. The molecule has 2 nitrogen and oxygen atoms in total. The van der Waals surface area contributed by atoms with E-state index in [1.807, 2.05) is 24.3 Å². The number of carboxylic acid groups (broad SMARTS) is 1. The second-order valence-electron chi connectivity index (χ2n) is 3.50. The molecule has 1 aromatic carbocycles. The van der Waals surface area contributed by atoms with E-state index in [9.17, 15) is 4.79 Å². The van der Waals surface area contributed by atoms with Crippen LogP contribution in [-0.2, 0) is 4.79 Å². The van der Waals surface area contributed by atoms with E-state index in [1.54, 1.807) is 0 Å². The van der Waals surface area contributed by atoms with Crippen LogP contribution in [0, 0.1) is 0 Å². The number of aliphatic carboxylic acids is 1. The van der Waals surface area contributed by atoms with E-state index < -0.39 is 5.97 Å². The molecule has 0 aromatic heterocycles. The summed E-state index contributed by atoms with van der Waals surface area (Å²) in [6, 6.07) is 7.98. The minimum Gasteiger partial charge on any atom is -0.481 e. The Bertz CT molecular complexity index is 471. The topological polar surface area (TPSA) is 37.3 Å². The van der Waals surface area contributed by atoms with Gasteiger partial charge in [0.2, 0.25) is 0 Å². The molecule has 0 atom stereocenters. The third kappa shape index (κ3) is 1.69. The van der Waals surface area contributed by atoms with Crippen molar-refractivity contribution in [3.63, 3.8) is 0 Å². The zero-order chi connectivity index (χ0) is 9.97. The van der Waals surface area contributed by atoms with Crippen molar-refractivity contribution in [3.05, 3.63) is 34.7 Å². The maximum Gasteiger partial charge on any atom is 0.307 e. The highest BCUT2D eigenvalue weighted by atomic mass is 16.4. The van der Waals surface area contributed by atoms with Crippen LogP contribution >= 0.6 is 0 Å². The molecule has 0 radical (unpaired) electrons. The first kappa shape index (κ1) is 9.00. The van der Waals surface area contributed by atoms with Crippen LogP contribution in [0.15, 0.2) is 24.3 Å². The van der Waals surface area contributed by atoms with E-state index in [0.717, 1.165) is 23.6 Å². The molecule has 2 rings (SSSR count). The first-order chi connectivity index (χ1) is 6.77. The third-order valence-electron chi connectivity index (χ3n) is 2.52. The number of fused-ring (bicyclic) bond motifs is 1. The number of hydrogen-bond acceptors (Lipinski definition) is 1. The monoisotopic (exact) mass is 188 g/mol. The third-order valence-corrected chi connectivity index (χ3v) is 2.52. The number of rotatable bonds is 2. The molecule has 0 heterocycles. The lowest BCUT2D eigenvalue weighted by Crippen LogP contribution is -2.29. The van der Waals surface area contributed by atoms with Gasteiger partial charge in [0.1, 0.15) is 0 Å². The van der Waals surface area contributed by atoms with Crippen molar-refractivity contribution in [1.82, 2.24) is 0 Å². The summed E-state index contributed by atoms with van der Waals surface area (Å²) in [7, 11) is 0. The second-order valence-corrected chi connectivity index (χ2v) is 3.50. The van der Waals surface area contributed by atoms with Crippen LogP contribution in [0.2, 0.25) is 0 Å². The predicted octanol–water partition coefficient (Wildman–Crippen LogP) is 0.886. The fourth-order valence-electron chi connectivity index (χ4n) is 1.90. The maximum absolute atomic E-state index is 10.6. The van der Waals surface area contributed by atoms with E-state index in [1.165, 1.54) is 5.22 Å². The molecule has 0 fully saturated rings. The van der Waals surface area contributed by atoms with Gasteiger partial charge in [-0.05, 0) is 23.3 Å². The van der Waals surface area contributed by atoms with Gasteiger partial charge in [0.15, 0.2) is 0 Å². The van der Waals surface area contributed by atoms with Crippen molar-refractivity contribution in [2.75, 3.05) is 0 Å². The minimum absolute atomic E-state index is 0.171. The zero-order valence-corrected chi connectivity index (χ0v) is 7.86. The molecule has 0 amide bonds. The van der Waals surface area contributed by atoms with Crippen molar-refractivity contribution in [2.45, 2.75) is 19.3 Å². The number of carboxylic acids is 1. The lowest BCUT2D eigenvalue weighted by atomic mass is 9.97. The molecule has 0 saturated carbocycles. The Balaban J connectivity index is 2.59. The van der Waals surface area contributed by atoms with Gasteiger partial charge in [0.05, 0.1) is 6.42 Å². The molecule has 0 bridgehead atoms. The first-order valence-corrected chi connectivity index (χ1v) is 4.76. The predicted molar refractivity (Wildman–Crippen MR) is 55.1 cm³/mol. The van der Waals surface area contributed by atoms with Gasteiger partial charge < -0.3 is 5.11 Å². The highest BCUT2D eigenvalue weighted by Gasteiger charge is 2.07. The summed E-state index contributed by atoms with van der Waals surface area (Å²) in [5.41, 5.74) is 1.05. The SMILES string of the molecule is O=C(O)CC1=c2ccccc2=CCC1. The second kappa shape index (κ2) is 3.66. The minimum atomic E-state index is -0.739. The van der Waals surface area contributed by atoms with Gasteiger partial charge in [-0.2, -0.15) is 0 Å². The van der Waals surface area contributed by atoms with Crippen molar-refractivity contribution < 1.29 is 9.90 Å². The van der Waals surface area contributed by atoms with Gasteiger partial charge in [-0.15, -0.1) is 0 Å². The van der Waals surface area contributed by atoms with E-state index >= 15 is 0 Å². The van der Waals surface area contributed by atoms with Crippen LogP contribution in [0.5, 0.6) is 0 Å². The molecule has 0 spiro atoms. The van der Waals surface area contributed by atoms with Crippen molar-refractivity contribution in [1.29, 1.82) is 0 Å². The zero-order valence-electron chi connectivity index (χ0n) is 7.86. The largest absolute Gasteiger partial charge is 0.481 e. The molecular weight excluding hydrogens is 176 g/mol. The molecular formula is C12H12O2. The molecule has 1 N–H and O–H groups in total. The van der Waals surface area contributed by atoms with Crippen LogP contribution < -0.4 is 10.4 Å². The lowest BCUT2D eigenvalue weighted by molar-refractivity contribution is -0.135. The normalized spacial score (nSPS) is 14.4. The smallest absolute Gasteiger partial charge is 0.307 e. The average Bonchev–Trinajstić information content (AvgIpc) is 2.18. The van der Waals surface area contributed by atoms with Crippen molar-refractivity contribution >= 4 is 17.6 Å². The van der Waals surface area contributed by atoms with Crippen LogP contribution in [-0.4, -0.2) is 11.1 Å². The van der Waals surface area contributed by atoms with Gasteiger partial charge >= 0.3 is 5.97 Å². The Kier molecular flexibility index (Phi) is 2.35. The molecule has 1 aliphatic rings. The van der Waals surface area contributed by atoms with Crippen LogP contribution in [0.25, 0.3) is 11.6 Å². The van der Waals surface area contributed by atoms with E-state index in [2.05, 4.69) is 6.08 Å². The molecule has 72 valence electrons. The van der Waals surface area contributed by atoms with Gasteiger partial charge in [-0.1, -0.05) is 35.9 Å². The molecule has 0 saturated heterocycles. The quantitative estimate of drug-likeness (QED) is 0.748. The standard InChI is InChI=1S/C12H12O2/c13-12(14)8-10-6-3-5-9-4-1-2-7-11(9)10/h1-2,4-5,7H,3,6,8H2,(H,13,14). The van der Waals surface area contributed by atoms with E-state index in [4.69, 9.17) is 5.11 Å². The van der Waals surface area contributed by atoms with Gasteiger partial charge in [0, 0.05) is 0 Å². The molecule has 2 heteroatoms. The number of carbonyl (C=O) groups is 1. The Hall–Kier alpha value is -1.57. The van der Waals surface area contributed by atoms with Crippen LogP contribution in [0.1, 0.15) is 19.3 Å². The number of benzene rings is 1. The summed E-state index contributed by atoms with van der Waals surface area (Å²) in [5.74, 6) is -0.739. The number of hydrogen-bond donors (Lipinski definition) is 1. The lowest BCUT2D eigenvalue weighted by Gasteiger charge is -2.08. The maximum atomic E-state index is 10.6. The molecule has 14 heavy (non-hydrogen) atoms. The summed E-state index contributed by atoms with van der Waals surface area (Å²) in [5, 5.41) is 11.0. The molecule has 0 aliphatic heterocycles. The summed E-state index contributed by atoms with van der Waals surface area (Å²) in [6.45, 7) is 0. The van der Waals surface area contributed by atoms with Crippen molar-refractivity contribution in [3.8, 4) is 0 Å². The summed E-state index contributed by atoms with van der Waals surface area (Å²) in [6.07, 6.45) is 4.18. The van der Waals surface area contributed by atoms with Crippen LogP contribution in [0.4, 0.5) is 0 Å². The molecule has 1 aliphatic carbocycles. The Morgan fingerprint density at radius 2 is 2.14 bits per heavy atom. The fourth-order valence-corrected chi connectivity index (χ4v) is 1.90. The van der Waals surface area contributed by atoms with Gasteiger partial charge in [-0.3, -0.25) is 4.79 Å². The van der Waals surface area contributed by atoms with E-state index in [0.29, 0.717) is 0 Å².